The first-order valence-electron chi connectivity index (χ1n) is 8.39. The van der Waals surface area contributed by atoms with Gasteiger partial charge in [-0.2, -0.15) is 0 Å². The Morgan fingerprint density at radius 1 is 1.19 bits per heavy atom. The number of carbonyl (C=O) groups excluding carboxylic acids is 1. The van der Waals surface area contributed by atoms with Gasteiger partial charge in [0.05, 0.1) is 0 Å². The first kappa shape index (κ1) is 12.1. The van der Waals surface area contributed by atoms with Crippen LogP contribution in [-0.4, -0.2) is 17.4 Å². The zero-order valence-electron chi connectivity index (χ0n) is 12.3. The number of anilines is 1. The van der Waals surface area contributed by atoms with Crippen molar-refractivity contribution in [2.24, 2.45) is 29.6 Å². The van der Waals surface area contributed by atoms with E-state index < -0.39 is 0 Å². The van der Waals surface area contributed by atoms with Crippen LogP contribution in [0.15, 0.2) is 18.2 Å². The van der Waals surface area contributed by atoms with Gasteiger partial charge >= 0.3 is 0 Å². The van der Waals surface area contributed by atoms with Crippen LogP contribution in [0.5, 0.6) is 0 Å². The Kier molecular flexibility index (Phi) is 2.31. The number of carbonyl (C=O) groups is 1. The predicted molar refractivity (Wildman–Crippen MR) is 81.3 cm³/mol. The monoisotopic (exact) mass is 282 g/mol. The van der Waals surface area contributed by atoms with Crippen LogP contribution in [0.4, 0.5) is 5.69 Å². The third kappa shape index (κ3) is 1.58. The number of hydrogen-bond donors (Lipinski definition) is 1. The molecule has 3 saturated carbocycles. The summed E-state index contributed by atoms with van der Waals surface area (Å²) in [7, 11) is 0. The lowest BCUT2D eigenvalue weighted by Gasteiger charge is -2.30. The van der Waals surface area contributed by atoms with Crippen LogP contribution in [0, 0.1) is 29.6 Å². The maximum absolute atomic E-state index is 12.9. The van der Waals surface area contributed by atoms with Crippen LogP contribution in [0.1, 0.15) is 30.4 Å². The molecule has 21 heavy (non-hydrogen) atoms. The zero-order chi connectivity index (χ0) is 14.1. The molecule has 3 aliphatic carbocycles. The molecule has 1 amide bonds. The molecule has 3 nitrogen and oxygen atoms in total. The third-order valence-electron chi connectivity index (χ3n) is 6.64. The fourth-order valence-corrected chi connectivity index (χ4v) is 5.66. The van der Waals surface area contributed by atoms with Crippen molar-refractivity contribution in [2.45, 2.75) is 32.2 Å². The molecule has 0 aromatic heterocycles. The lowest BCUT2D eigenvalue weighted by molar-refractivity contribution is -0.134. The first-order chi connectivity index (χ1) is 10.2. The van der Waals surface area contributed by atoms with E-state index in [1.54, 1.807) is 0 Å². The standard InChI is InChI=1S/C18H22N2O/c19-14-3-1-2-10-6-7-20(9-13(10)14)18(21)17-15-11-4-5-12(8-11)16(15)17/h1-3,11-12,15-17H,4-9,19H2. The summed E-state index contributed by atoms with van der Waals surface area (Å²) in [5, 5.41) is 0. The van der Waals surface area contributed by atoms with Crippen LogP contribution >= 0.6 is 0 Å². The van der Waals surface area contributed by atoms with E-state index in [1.165, 1.54) is 30.4 Å². The minimum Gasteiger partial charge on any atom is -0.398 e. The molecule has 1 heterocycles. The molecule has 2 bridgehead atoms. The van der Waals surface area contributed by atoms with Gasteiger partial charge in [0.2, 0.25) is 5.91 Å². The van der Waals surface area contributed by atoms with Crippen molar-refractivity contribution in [3.63, 3.8) is 0 Å². The largest absolute Gasteiger partial charge is 0.398 e. The van der Waals surface area contributed by atoms with Gasteiger partial charge in [-0.3, -0.25) is 4.79 Å². The number of hydrogen-bond acceptors (Lipinski definition) is 2. The second-order valence-electron chi connectivity index (χ2n) is 7.51. The highest BCUT2D eigenvalue weighted by Gasteiger charge is 2.68. The third-order valence-corrected chi connectivity index (χ3v) is 6.64. The molecule has 1 aromatic carbocycles. The van der Waals surface area contributed by atoms with Crippen LogP contribution in [0.25, 0.3) is 0 Å². The van der Waals surface area contributed by atoms with Gasteiger partial charge in [-0.05, 0) is 66.5 Å². The highest BCUT2D eigenvalue weighted by Crippen LogP contribution is 2.69. The van der Waals surface area contributed by atoms with Crippen molar-refractivity contribution < 1.29 is 4.79 Å². The van der Waals surface area contributed by atoms with E-state index >= 15 is 0 Å². The van der Waals surface area contributed by atoms with Gasteiger partial charge in [-0.1, -0.05) is 12.1 Å². The maximum Gasteiger partial charge on any atom is 0.226 e. The Morgan fingerprint density at radius 3 is 2.71 bits per heavy atom. The molecule has 0 saturated heterocycles. The van der Waals surface area contributed by atoms with Crippen molar-refractivity contribution in [3.8, 4) is 0 Å². The van der Waals surface area contributed by atoms with E-state index in [4.69, 9.17) is 5.73 Å². The number of fused-ring (bicyclic) bond motifs is 6. The molecule has 3 fully saturated rings. The number of nitrogen functional groups attached to an aromatic ring is 1. The van der Waals surface area contributed by atoms with Gasteiger partial charge in [-0.25, -0.2) is 0 Å². The highest BCUT2D eigenvalue weighted by molar-refractivity contribution is 5.83. The summed E-state index contributed by atoms with van der Waals surface area (Å²) in [6.07, 6.45) is 5.13. The van der Waals surface area contributed by atoms with E-state index in [0.717, 1.165) is 48.9 Å². The molecule has 2 N–H and O–H groups in total. The molecule has 1 aromatic rings. The lowest BCUT2D eigenvalue weighted by atomic mass is 9.96. The molecule has 110 valence electrons. The van der Waals surface area contributed by atoms with E-state index in [0.29, 0.717) is 11.8 Å². The van der Waals surface area contributed by atoms with E-state index in [2.05, 4.69) is 11.0 Å². The van der Waals surface area contributed by atoms with E-state index in [9.17, 15) is 4.79 Å². The van der Waals surface area contributed by atoms with Crippen molar-refractivity contribution in [2.75, 3.05) is 12.3 Å². The SMILES string of the molecule is Nc1cccc2c1CN(C(=O)C1C3C4CCC(C4)C13)CC2. The van der Waals surface area contributed by atoms with Crippen molar-refractivity contribution in [3.05, 3.63) is 29.3 Å². The summed E-state index contributed by atoms with van der Waals surface area (Å²) < 4.78 is 0. The van der Waals surface area contributed by atoms with Gasteiger partial charge in [0.1, 0.15) is 0 Å². The molecule has 0 radical (unpaired) electrons. The smallest absolute Gasteiger partial charge is 0.226 e. The summed E-state index contributed by atoms with van der Waals surface area (Å²) in [4.78, 5) is 15.0. The summed E-state index contributed by atoms with van der Waals surface area (Å²) in [6.45, 7) is 1.60. The Morgan fingerprint density at radius 2 is 1.95 bits per heavy atom. The molecule has 0 spiro atoms. The van der Waals surface area contributed by atoms with Crippen molar-refractivity contribution in [1.82, 2.24) is 4.90 Å². The lowest BCUT2D eigenvalue weighted by Crippen LogP contribution is -2.38. The second kappa shape index (κ2) is 4.02. The van der Waals surface area contributed by atoms with Gasteiger partial charge < -0.3 is 10.6 Å². The maximum atomic E-state index is 12.9. The van der Waals surface area contributed by atoms with E-state index in [-0.39, 0.29) is 0 Å². The van der Waals surface area contributed by atoms with Crippen molar-refractivity contribution in [1.29, 1.82) is 0 Å². The van der Waals surface area contributed by atoms with Gasteiger partial charge in [0.25, 0.3) is 0 Å². The molecule has 5 rings (SSSR count). The average Bonchev–Trinajstić information content (AvgIpc) is 2.94. The molecule has 1 aliphatic heterocycles. The fourth-order valence-electron chi connectivity index (χ4n) is 5.66. The summed E-state index contributed by atoms with van der Waals surface area (Å²) >= 11 is 0. The number of benzene rings is 1. The van der Waals surface area contributed by atoms with Crippen LogP contribution < -0.4 is 5.73 Å². The zero-order valence-corrected chi connectivity index (χ0v) is 12.3. The van der Waals surface area contributed by atoms with Crippen LogP contribution in [0.3, 0.4) is 0 Å². The Bertz CT molecular complexity index is 610. The average molecular weight is 282 g/mol. The predicted octanol–water partition coefficient (Wildman–Crippen LogP) is 2.45. The Balaban J connectivity index is 1.36. The minimum absolute atomic E-state index is 0.364. The first-order valence-corrected chi connectivity index (χ1v) is 8.39. The minimum atomic E-state index is 0.364. The Hall–Kier alpha value is -1.51. The molecule has 4 unspecified atom stereocenters. The number of nitrogens with two attached hydrogens (primary N) is 1. The molecular weight excluding hydrogens is 260 g/mol. The topological polar surface area (TPSA) is 46.3 Å². The number of amides is 1. The normalized spacial score (nSPS) is 39.0. The number of nitrogens with zero attached hydrogens (tertiary/aromatic N) is 1. The van der Waals surface area contributed by atoms with Gasteiger partial charge in [0.15, 0.2) is 0 Å². The van der Waals surface area contributed by atoms with Gasteiger partial charge in [0, 0.05) is 24.7 Å². The van der Waals surface area contributed by atoms with E-state index in [1.807, 2.05) is 12.1 Å². The highest BCUT2D eigenvalue weighted by atomic mass is 16.2. The summed E-state index contributed by atoms with van der Waals surface area (Å²) in [6, 6.07) is 6.13. The molecule has 4 atom stereocenters. The summed E-state index contributed by atoms with van der Waals surface area (Å²) in [5.74, 6) is 4.02. The molecular formula is C18H22N2O. The van der Waals surface area contributed by atoms with Crippen molar-refractivity contribution >= 4 is 11.6 Å². The fraction of sp³-hybridized carbons (Fsp3) is 0.611. The quantitative estimate of drug-likeness (QED) is 0.804. The van der Waals surface area contributed by atoms with Gasteiger partial charge in [-0.15, -0.1) is 0 Å². The number of rotatable bonds is 1. The molecule has 3 heteroatoms. The Labute approximate surface area is 125 Å². The van der Waals surface area contributed by atoms with Crippen LogP contribution in [-0.2, 0) is 17.8 Å². The summed E-state index contributed by atoms with van der Waals surface area (Å²) in [5.41, 5.74) is 9.47. The van der Waals surface area contributed by atoms with Crippen LogP contribution in [0.2, 0.25) is 0 Å². The second-order valence-corrected chi connectivity index (χ2v) is 7.51. The molecule has 4 aliphatic rings.